The fourth-order valence-corrected chi connectivity index (χ4v) is 3.98. The lowest BCUT2D eigenvalue weighted by Gasteiger charge is -2.43. The first-order valence-corrected chi connectivity index (χ1v) is 12.6. The molecule has 0 radical (unpaired) electrons. The lowest BCUT2D eigenvalue weighted by molar-refractivity contribution is -0.138. The first kappa shape index (κ1) is 28.7. The predicted molar refractivity (Wildman–Crippen MR) is 138 cm³/mol. The highest BCUT2D eigenvalue weighted by molar-refractivity contribution is 6.17. The van der Waals surface area contributed by atoms with Crippen molar-refractivity contribution in [2.45, 2.75) is 38.5 Å². The lowest BCUT2D eigenvalue weighted by atomic mass is 10.0. The van der Waals surface area contributed by atoms with Gasteiger partial charge < -0.3 is 20.3 Å². The number of nitrogens with zero attached hydrogens (tertiary/aromatic N) is 2. The van der Waals surface area contributed by atoms with Crippen LogP contribution in [0.4, 0.5) is 24.5 Å². The SMILES string of the molecule is CCC(=O)Nc1cc(C(=O)Nc2ccc(CN3CC(N(C)C)C3)c(C(F)(F)F)c2)ccc1OCCCCl. The molecule has 1 aliphatic heterocycles. The zero-order valence-electron chi connectivity index (χ0n) is 21.1. The molecule has 0 bridgehead atoms. The molecule has 0 aromatic heterocycles. The summed E-state index contributed by atoms with van der Waals surface area (Å²) in [6, 6.07) is 8.61. The van der Waals surface area contributed by atoms with E-state index in [1.807, 2.05) is 19.0 Å². The zero-order valence-corrected chi connectivity index (χ0v) is 21.9. The first-order chi connectivity index (χ1) is 17.5. The summed E-state index contributed by atoms with van der Waals surface area (Å²) in [5.74, 6) is -0.111. The molecule has 0 atom stereocenters. The van der Waals surface area contributed by atoms with Gasteiger partial charge in [-0.3, -0.25) is 14.5 Å². The number of likely N-dealkylation sites (N-methyl/N-ethyl adjacent to an activating group) is 1. The summed E-state index contributed by atoms with van der Waals surface area (Å²) in [5, 5.41) is 5.23. The van der Waals surface area contributed by atoms with E-state index in [1.54, 1.807) is 6.92 Å². The van der Waals surface area contributed by atoms with Crippen LogP contribution < -0.4 is 15.4 Å². The third kappa shape index (κ3) is 7.83. The number of hydrogen-bond donors (Lipinski definition) is 2. The molecule has 3 rings (SSSR count). The van der Waals surface area contributed by atoms with Crippen molar-refractivity contribution in [2.24, 2.45) is 0 Å². The maximum absolute atomic E-state index is 13.8. The number of carbonyl (C=O) groups is 2. The highest BCUT2D eigenvalue weighted by Gasteiger charge is 2.36. The van der Waals surface area contributed by atoms with Crippen molar-refractivity contribution in [3.8, 4) is 5.75 Å². The first-order valence-electron chi connectivity index (χ1n) is 12.0. The molecule has 2 amide bonds. The Morgan fingerprint density at radius 3 is 2.49 bits per heavy atom. The fraction of sp³-hybridized carbons (Fsp3) is 0.462. The van der Waals surface area contributed by atoms with Crippen molar-refractivity contribution < 1.29 is 27.5 Å². The maximum atomic E-state index is 13.8. The second-order valence-electron chi connectivity index (χ2n) is 9.14. The Hall–Kier alpha value is -2.82. The number of halogens is 4. The van der Waals surface area contributed by atoms with Crippen LogP contribution in [0.15, 0.2) is 36.4 Å². The zero-order chi connectivity index (χ0) is 27.2. The summed E-state index contributed by atoms with van der Waals surface area (Å²) in [5.41, 5.74) is -0.143. The number of likely N-dealkylation sites (tertiary alicyclic amines) is 1. The maximum Gasteiger partial charge on any atom is 0.416 e. The van der Waals surface area contributed by atoms with Crippen LogP contribution >= 0.6 is 11.6 Å². The van der Waals surface area contributed by atoms with Crippen molar-refractivity contribution in [3.63, 3.8) is 0 Å². The average molecular weight is 541 g/mol. The molecular weight excluding hydrogens is 509 g/mol. The number of alkyl halides is 4. The summed E-state index contributed by atoms with van der Waals surface area (Å²) in [4.78, 5) is 28.9. The van der Waals surface area contributed by atoms with Gasteiger partial charge in [-0.15, -0.1) is 11.6 Å². The molecule has 2 aromatic rings. The van der Waals surface area contributed by atoms with Gasteiger partial charge >= 0.3 is 6.18 Å². The lowest BCUT2D eigenvalue weighted by Crippen LogP contribution is -2.56. The number of amides is 2. The number of carbonyl (C=O) groups excluding carboxylic acids is 2. The molecule has 2 aromatic carbocycles. The van der Waals surface area contributed by atoms with E-state index >= 15 is 0 Å². The van der Waals surface area contributed by atoms with Gasteiger partial charge in [0.25, 0.3) is 5.91 Å². The Balaban J connectivity index is 1.77. The van der Waals surface area contributed by atoms with E-state index in [2.05, 4.69) is 15.5 Å². The van der Waals surface area contributed by atoms with Crippen molar-refractivity contribution in [3.05, 3.63) is 53.1 Å². The second-order valence-corrected chi connectivity index (χ2v) is 9.52. The normalized spacial score (nSPS) is 14.4. The standard InChI is InChI=1S/C26H32ClF3N4O3/c1-4-24(35)32-22-12-17(7-9-23(22)37-11-5-10-27)25(36)31-19-8-6-18(21(13-19)26(28,29)30)14-34-15-20(16-34)33(2)3/h6-9,12-13,20H,4-5,10-11,14-16H2,1-3H3,(H,31,36)(H,32,35). The van der Waals surface area contributed by atoms with Crippen LogP contribution in [-0.4, -0.2) is 67.3 Å². The molecule has 0 aliphatic carbocycles. The topological polar surface area (TPSA) is 73.9 Å². The minimum absolute atomic E-state index is 0.0254. The highest BCUT2D eigenvalue weighted by Crippen LogP contribution is 2.35. The molecule has 2 N–H and O–H groups in total. The van der Waals surface area contributed by atoms with Crippen LogP contribution in [0.2, 0.25) is 0 Å². The van der Waals surface area contributed by atoms with Crippen molar-refractivity contribution in [2.75, 3.05) is 50.3 Å². The van der Waals surface area contributed by atoms with E-state index in [1.165, 1.54) is 30.3 Å². The van der Waals surface area contributed by atoms with Gasteiger partial charge in [0.2, 0.25) is 5.91 Å². The van der Waals surface area contributed by atoms with E-state index in [9.17, 15) is 22.8 Å². The predicted octanol–water partition coefficient (Wildman–Crippen LogP) is 5.06. The van der Waals surface area contributed by atoms with Crippen LogP contribution in [0.5, 0.6) is 5.75 Å². The average Bonchev–Trinajstić information content (AvgIpc) is 2.81. The number of hydrogen-bond acceptors (Lipinski definition) is 5. The molecule has 0 saturated carbocycles. The van der Waals surface area contributed by atoms with Gasteiger partial charge in [-0.2, -0.15) is 13.2 Å². The Morgan fingerprint density at radius 2 is 1.86 bits per heavy atom. The van der Waals surface area contributed by atoms with Crippen molar-refractivity contribution in [1.82, 2.24) is 9.80 Å². The molecule has 1 heterocycles. The van der Waals surface area contributed by atoms with E-state index in [4.69, 9.17) is 16.3 Å². The van der Waals surface area contributed by atoms with Crippen molar-refractivity contribution in [1.29, 1.82) is 0 Å². The van der Waals surface area contributed by atoms with Gasteiger partial charge in [-0.05, 0) is 56.4 Å². The Labute approximate surface area is 219 Å². The molecule has 1 fully saturated rings. The van der Waals surface area contributed by atoms with E-state index in [0.29, 0.717) is 49.5 Å². The number of nitrogens with one attached hydrogen (secondary N) is 2. The van der Waals surface area contributed by atoms with Crippen LogP contribution in [-0.2, 0) is 17.5 Å². The summed E-state index contributed by atoms with van der Waals surface area (Å²) in [7, 11) is 3.90. The van der Waals surface area contributed by atoms with E-state index in [0.717, 1.165) is 6.07 Å². The second kappa shape index (κ2) is 12.6. The van der Waals surface area contributed by atoms with Gasteiger partial charge in [0.1, 0.15) is 5.75 Å². The fourth-order valence-electron chi connectivity index (χ4n) is 3.87. The van der Waals surface area contributed by atoms with Gasteiger partial charge in [-0.1, -0.05) is 13.0 Å². The van der Waals surface area contributed by atoms with Crippen LogP contribution in [0.25, 0.3) is 0 Å². The quantitative estimate of drug-likeness (QED) is 0.308. The number of benzene rings is 2. The van der Waals surface area contributed by atoms with Gasteiger partial charge in [0.15, 0.2) is 0 Å². The summed E-state index contributed by atoms with van der Waals surface area (Å²) in [6.45, 7) is 3.59. The number of rotatable bonds is 11. The minimum Gasteiger partial charge on any atom is -0.491 e. The third-order valence-corrected chi connectivity index (χ3v) is 6.38. The largest absolute Gasteiger partial charge is 0.491 e. The Bertz CT molecular complexity index is 1100. The van der Waals surface area contributed by atoms with E-state index in [-0.39, 0.29) is 35.7 Å². The molecule has 1 aliphatic rings. The Kier molecular flexibility index (Phi) is 9.80. The van der Waals surface area contributed by atoms with Crippen molar-refractivity contribution >= 4 is 34.8 Å². The Morgan fingerprint density at radius 1 is 1.14 bits per heavy atom. The molecule has 202 valence electrons. The molecule has 7 nitrogen and oxygen atoms in total. The molecule has 0 unspecified atom stereocenters. The molecule has 0 spiro atoms. The van der Waals surface area contributed by atoms with Gasteiger partial charge in [-0.25, -0.2) is 0 Å². The van der Waals surface area contributed by atoms with Crippen LogP contribution in [0.3, 0.4) is 0 Å². The van der Waals surface area contributed by atoms with Gasteiger partial charge in [0.05, 0.1) is 17.9 Å². The summed E-state index contributed by atoms with van der Waals surface area (Å²) < 4.78 is 47.2. The summed E-state index contributed by atoms with van der Waals surface area (Å²) >= 11 is 5.68. The smallest absolute Gasteiger partial charge is 0.416 e. The molecule has 1 saturated heterocycles. The van der Waals surface area contributed by atoms with Crippen LogP contribution in [0, 0.1) is 0 Å². The van der Waals surface area contributed by atoms with Gasteiger partial charge in [0, 0.05) is 49.2 Å². The number of ether oxygens (including phenoxy) is 1. The third-order valence-electron chi connectivity index (χ3n) is 6.11. The molecular formula is C26H32ClF3N4O3. The van der Waals surface area contributed by atoms with Crippen LogP contribution in [0.1, 0.15) is 41.3 Å². The molecule has 11 heteroatoms. The number of anilines is 2. The molecule has 37 heavy (non-hydrogen) atoms. The van der Waals surface area contributed by atoms with E-state index < -0.39 is 17.6 Å². The minimum atomic E-state index is -4.57. The highest BCUT2D eigenvalue weighted by atomic mass is 35.5. The monoisotopic (exact) mass is 540 g/mol. The summed E-state index contributed by atoms with van der Waals surface area (Å²) in [6.07, 6.45) is -3.75.